The van der Waals surface area contributed by atoms with Crippen molar-refractivity contribution in [2.24, 2.45) is 0 Å². The number of amides is 2. The van der Waals surface area contributed by atoms with Gasteiger partial charge in [0.2, 0.25) is 5.91 Å². The summed E-state index contributed by atoms with van der Waals surface area (Å²) in [6.07, 6.45) is 0. The Hall–Kier alpha value is -2.44. The van der Waals surface area contributed by atoms with Gasteiger partial charge in [0.25, 0.3) is 5.91 Å². The fourth-order valence-corrected chi connectivity index (χ4v) is 2.43. The minimum atomic E-state index is -0.396. The highest BCUT2D eigenvalue weighted by atomic mass is 35.5. The lowest BCUT2D eigenvalue weighted by Gasteiger charge is -2.13. The number of carbonyl (C=O) groups excluding carboxylic acids is 2. The molecule has 0 radical (unpaired) electrons. The van der Waals surface area contributed by atoms with Gasteiger partial charge in [-0.05, 0) is 49.0 Å². The largest absolute Gasteiger partial charge is 0.332 e. The average molecular weight is 362 g/mol. The van der Waals surface area contributed by atoms with Crippen LogP contribution in [0.4, 0.5) is 11.4 Å². The summed E-state index contributed by atoms with van der Waals surface area (Å²) in [6.45, 7) is 3.32. The van der Waals surface area contributed by atoms with E-state index in [0.717, 1.165) is 5.56 Å². The van der Waals surface area contributed by atoms with Crippen LogP contribution in [0.15, 0.2) is 42.5 Å². The van der Waals surface area contributed by atoms with Gasteiger partial charge in [-0.2, -0.15) is 0 Å². The van der Waals surface area contributed by atoms with Gasteiger partial charge in [-0.3, -0.25) is 14.9 Å². The summed E-state index contributed by atoms with van der Waals surface area (Å²) in [6, 6.07) is 12.1. The van der Waals surface area contributed by atoms with Gasteiger partial charge in [-0.15, -0.1) is 0 Å². The molecule has 3 N–H and O–H groups in total. The zero-order valence-corrected chi connectivity index (χ0v) is 14.7. The van der Waals surface area contributed by atoms with E-state index >= 15 is 0 Å². The predicted octanol–water partition coefficient (Wildman–Crippen LogP) is 3.73. The molecule has 2 rings (SSSR count). The molecule has 2 aromatic rings. The van der Waals surface area contributed by atoms with Gasteiger partial charge in [-0.25, -0.2) is 0 Å². The molecule has 24 heavy (non-hydrogen) atoms. The number of halogens is 1. The summed E-state index contributed by atoms with van der Waals surface area (Å²) in [5, 5.41) is 8.70. The zero-order valence-electron chi connectivity index (χ0n) is 13.1. The molecule has 0 aromatic heterocycles. The summed E-state index contributed by atoms with van der Waals surface area (Å²) in [5.41, 5.74) is 2.58. The Labute approximate surface area is 150 Å². The second-order valence-corrected chi connectivity index (χ2v) is 5.91. The summed E-state index contributed by atoms with van der Waals surface area (Å²) >= 11 is 11.1. The Kier molecular flexibility index (Phi) is 5.89. The van der Waals surface area contributed by atoms with E-state index in [9.17, 15) is 9.59 Å². The van der Waals surface area contributed by atoms with Crippen LogP contribution in [0.3, 0.4) is 0 Å². The van der Waals surface area contributed by atoms with Crippen molar-refractivity contribution in [1.29, 1.82) is 0 Å². The van der Waals surface area contributed by atoms with E-state index in [1.807, 2.05) is 13.0 Å². The van der Waals surface area contributed by atoms with Gasteiger partial charge >= 0.3 is 0 Å². The maximum atomic E-state index is 12.2. The topological polar surface area (TPSA) is 70.2 Å². The quantitative estimate of drug-likeness (QED) is 0.728. The molecule has 0 aliphatic rings. The second kappa shape index (κ2) is 7.90. The van der Waals surface area contributed by atoms with E-state index < -0.39 is 5.91 Å². The van der Waals surface area contributed by atoms with Crippen LogP contribution in [-0.2, 0) is 4.79 Å². The Balaban J connectivity index is 2.06. The minimum Gasteiger partial charge on any atom is -0.332 e. The van der Waals surface area contributed by atoms with Crippen LogP contribution in [0.5, 0.6) is 0 Å². The maximum Gasteiger partial charge on any atom is 0.258 e. The first kappa shape index (κ1) is 17.9. The van der Waals surface area contributed by atoms with E-state index in [0.29, 0.717) is 22.0 Å². The number of rotatable bonds is 3. The average Bonchev–Trinajstić information content (AvgIpc) is 2.50. The molecule has 0 saturated heterocycles. The highest BCUT2D eigenvalue weighted by Gasteiger charge is 2.11. The third-order valence-corrected chi connectivity index (χ3v) is 3.69. The van der Waals surface area contributed by atoms with Gasteiger partial charge in [0.05, 0.1) is 10.6 Å². The van der Waals surface area contributed by atoms with Crippen LogP contribution >= 0.6 is 23.8 Å². The molecule has 0 aliphatic carbocycles. The van der Waals surface area contributed by atoms with E-state index in [2.05, 4.69) is 16.0 Å². The van der Waals surface area contributed by atoms with Gasteiger partial charge in [0.1, 0.15) is 0 Å². The number of nitrogens with one attached hydrogen (secondary N) is 3. The van der Waals surface area contributed by atoms with Crippen molar-refractivity contribution in [2.75, 3.05) is 10.6 Å². The Morgan fingerprint density at radius 3 is 2.46 bits per heavy atom. The number of anilines is 2. The molecule has 0 aliphatic heterocycles. The van der Waals surface area contributed by atoms with E-state index in [4.69, 9.17) is 23.8 Å². The molecule has 2 amide bonds. The van der Waals surface area contributed by atoms with Crippen molar-refractivity contribution < 1.29 is 9.59 Å². The Bertz CT molecular complexity index is 808. The van der Waals surface area contributed by atoms with Crippen LogP contribution in [0.2, 0.25) is 5.02 Å². The molecular weight excluding hydrogens is 346 g/mol. The molecule has 7 heteroatoms. The molecule has 0 heterocycles. The van der Waals surface area contributed by atoms with E-state index in [-0.39, 0.29) is 11.0 Å². The Morgan fingerprint density at radius 1 is 1.08 bits per heavy atom. The summed E-state index contributed by atoms with van der Waals surface area (Å²) in [4.78, 5) is 23.4. The van der Waals surface area contributed by atoms with Gasteiger partial charge < -0.3 is 10.6 Å². The fraction of sp³-hybridized carbons (Fsp3) is 0.118. The van der Waals surface area contributed by atoms with Crippen LogP contribution in [0.1, 0.15) is 22.8 Å². The second-order valence-electron chi connectivity index (χ2n) is 5.10. The van der Waals surface area contributed by atoms with Crippen molar-refractivity contribution in [1.82, 2.24) is 5.32 Å². The lowest BCUT2D eigenvalue weighted by Crippen LogP contribution is -2.34. The third kappa shape index (κ3) is 4.78. The molecule has 124 valence electrons. The van der Waals surface area contributed by atoms with Crippen LogP contribution in [0.25, 0.3) is 0 Å². The van der Waals surface area contributed by atoms with Gasteiger partial charge in [0, 0.05) is 18.3 Å². The highest BCUT2D eigenvalue weighted by Crippen LogP contribution is 2.20. The number of hydrogen-bond donors (Lipinski definition) is 3. The number of benzene rings is 2. The van der Waals surface area contributed by atoms with Crippen LogP contribution in [-0.4, -0.2) is 16.9 Å². The summed E-state index contributed by atoms with van der Waals surface area (Å²) in [7, 11) is 0. The zero-order chi connectivity index (χ0) is 17.7. The predicted molar refractivity (Wildman–Crippen MR) is 101 cm³/mol. The molecule has 0 spiro atoms. The van der Waals surface area contributed by atoms with Crippen molar-refractivity contribution in [3.63, 3.8) is 0 Å². The molecule has 0 bridgehead atoms. The standard InChI is InChI=1S/C17H16ClN3O2S/c1-10-7-8-12(9-15(10)19-11(2)22)20-17(24)21-16(23)13-5-3-4-6-14(13)18/h3-9H,1-2H3,(H,19,22)(H2,20,21,23,24). The number of thiocarbonyl (C=S) groups is 1. The lowest BCUT2D eigenvalue weighted by molar-refractivity contribution is -0.114. The molecule has 0 fully saturated rings. The third-order valence-electron chi connectivity index (χ3n) is 3.15. The van der Waals surface area contributed by atoms with E-state index in [1.54, 1.807) is 36.4 Å². The van der Waals surface area contributed by atoms with Crippen molar-refractivity contribution >= 4 is 52.1 Å². The molecular formula is C17H16ClN3O2S. The van der Waals surface area contributed by atoms with Gasteiger partial charge in [-0.1, -0.05) is 29.8 Å². The number of carbonyl (C=O) groups is 2. The van der Waals surface area contributed by atoms with Crippen LogP contribution < -0.4 is 16.0 Å². The normalized spacial score (nSPS) is 9.96. The van der Waals surface area contributed by atoms with Crippen molar-refractivity contribution in [3.8, 4) is 0 Å². The fourth-order valence-electron chi connectivity index (χ4n) is 2.00. The first-order valence-corrected chi connectivity index (χ1v) is 7.90. The first-order chi connectivity index (χ1) is 11.4. The van der Waals surface area contributed by atoms with Crippen molar-refractivity contribution in [3.05, 3.63) is 58.6 Å². The van der Waals surface area contributed by atoms with Crippen molar-refractivity contribution in [2.45, 2.75) is 13.8 Å². The molecule has 5 nitrogen and oxygen atoms in total. The molecule has 0 unspecified atom stereocenters. The Morgan fingerprint density at radius 2 is 1.79 bits per heavy atom. The maximum absolute atomic E-state index is 12.2. The monoisotopic (exact) mass is 361 g/mol. The molecule has 0 saturated carbocycles. The highest BCUT2D eigenvalue weighted by molar-refractivity contribution is 7.80. The summed E-state index contributed by atoms with van der Waals surface area (Å²) in [5.74, 6) is -0.558. The van der Waals surface area contributed by atoms with E-state index in [1.165, 1.54) is 6.92 Å². The smallest absolute Gasteiger partial charge is 0.258 e. The number of hydrogen-bond acceptors (Lipinski definition) is 3. The number of aryl methyl sites for hydroxylation is 1. The molecule has 2 aromatic carbocycles. The lowest BCUT2D eigenvalue weighted by atomic mass is 10.2. The SMILES string of the molecule is CC(=O)Nc1cc(NC(=S)NC(=O)c2ccccc2Cl)ccc1C. The molecule has 0 atom stereocenters. The van der Waals surface area contributed by atoms with Crippen LogP contribution in [0, 0.1) is 6.92 Å². The minimum absolute atomic E-state index is 0.137. The first-order valence-electron chi connectivity index (χ1n) is 7.12. The summed E-state index contributed by atoms with van der Waals surface area (Å²) < 4.78 is 0. The van der Waals surface area contributed by atoms with Gasteiger partial charge in [0.15, 0.2) is 5.11 Å².